The average Bonchev–Trinajstić information content (AvgIpc) is 3.17. The molecule has 1 atom stereocenters. The van der Waals surface area contributed by atoms with Gasteiger partial charge in [-0.3, -0.25) is 4.79 Å². The van der Waals surface area contributed by atoms with Gasteiger partial charge in [0.25, 0.3) is 0 Å². The SMILES string of the molecule is CCC(=O)N(Cc1ccc(C(F)(F)F)cc1)C[C@@H]1CC(c2ccc(Cl)c(Cl)c2)=NO1. The third-order valence-corrected chi connectivity index (χ3v) is 5.46. The van der Waals surface area contributed by atoms with E-state index in [4.69, 9.17) is 28.0 Å². The Morgan fingerprint density at radius 3 is 2.47 bits per heavy atom. The van der Waals surface area contributed by atoms with Crippen LogP contribution in [0, 0.1) is 0 Å². The van der Waals surface area contributed by atoms with Gasteiger partial charge in [-0.2, -0.15) is 13.2 Å². The fraction of sp³-hybridized carbons (Fsp3) is 0.333. The molecule has 3 rings (SSSR count). The zero-order valence-corrected chi connectivity index (χ0v) is 17.6. The molecule has 1 amide bonds. The maximum absolute atomic E-state index is 12.7. The summed E-state index contributed by atoms with van der Waals surface area (Å²) in [6.45, 7) is 2.18. The Morgan fingerprint density at radius 1 is 1.17 bits per heavy atom. The van der Waals surface area contributed by atoms with E-state index in [0.29, 0.717) is 27.7 Å². The van der Waals surface area contributed by atoms with Crippen LogP contribution in [0.1, 0.15) is 36.5 Å². The highest BCUT2D eigenvalue weighted by molar-refractivity contribution is 6.42. The van der Waals surface area contributed by atoms with Crippen molar-refractivity contribution in [3.63, 3.8) is 0 Å². The molecule has 0 radical (unpaired) electrons. The molecule has 0 aliphatic carbocycles. The molecule has 0 saturated heterocycles. The zero-order valence-electron chi connectivity index (χ0n) is 16.0. The molecule has 1 heterocycles. The summed E-state index contributed by atoms with van der Waals surface area (Å²) < 4.78 is 38.2. The van der Waals surface area contributed by atoms with E-state index in [0.717, 1.165) is 17.7 Å². The number of hydrogen-bond donors (Lipinski definition) is 0. The first kappa shape index (κ1) is 22.4. The quantitative estimate of drug-likeness (QED) is 0.536. The van der Waals surface area contributed by atoms with Crippen LogP contribution in [0.25, 0.3) is 0 Å². The summed E-state index contributed by atoms with van der Waals surface area (Å²) in [5, 5.41) is 4.94. The number of amides is 1. The Balaban J connectivity index is 1.66. The highest BCUT2D eigenvalue weighted by Gasteiger charge is 2.30. The molecule has 0 fully saturated rings. The van der Waals surface area contributed by atoms with Gasteiger partial charge in [0.1, 0.15) is 0 Å². The molecule has 1 aliphatic heterocycles. The van der Waals surface area contributed by atoms with Crippen molar-refractivity contribution in [1.82, 2.24) is 4.90 Å². The molecule has 0 unspecified atom stereocenters. The number of halogens is 5. The number of benzene rings is 2. The second kappa shape index (κ2) is 9.27. The van der Waals surface area contributed by atoms with Crippen molar-refractivity contribution in [2.24, 2.45) is 5.16 Å². The molecule has 9 heteroatoms. The lowest BCUT2D eigenvalue weighted by molar-refractivity contribution is -0.137. The summed E-state index contributed by atoms with van der Waals surface area (Å²) >= 11 is 12.0. The lowest BCUT2D eigenvalue weighted by Gasteiger charge is -2.24. The normalized spacial score (nSPS) is 16.2. The largest absolute Gasteiger partial charge is 0.416 e. The van der Waals surface area contributed by atoms with Crippen molar-refractivity contribution >= 4 is 34.8 Å². The predicted molar refractivity (Wildman–Crippen MR) is 110 cm³/mol. The van der Waals surface area contributed by atoms with Gasteiger partial charge in [0, 0.05) is 24.9 Å². The summed E-state index contributed by atoms with van der Waals surface area (Å²) in [5.74, 6) is -0.124. The lowest BCUT2D eigenvalue weighted by Crippen LogP contribution is -2.36. The van der Waals surface area contributed by atoms with Crippen molar-refractivity contribution in [1.29, 1.82) is 0 Å². The first-order valence-corrected chi connectivity index (χ1v) is 10.0. The third-order valence-electron chi connectivity index (χ3n) is 4.72. The van der Waals surface area contributed by atoms with Gasteiger partial charge in [0.15, 0.2) is 6.10 Å². The fourth-order valence-electron chi connectivity index (χ4n) is 3.12. The summed E-state index contributed by atoms with van der Waals surface area (Å²) in [4.78, 5) is 19.4. The Labute approximate surface area is 182 Å². The van der Waals surface area contributed by atoms with Crippen LogP contribution in [0.2, 0.25) is 10.0 Å². The minimum Gasteiger partial charge on any atom is -0.390 e. The molecule has 2 aromatic carbocycles. The van der Waals surface area contributed by atoms with E-state index >= 15 is 0 Å². The monoisotopic (exact) mass is 458 g/mol. The summed E-state index contributed by atoms with van der Waals surface area (Å²) in [5.41, 5.74) is 1.35. The van der Waals surface area contributed by atoms with Gasteiger partial charge < -0.3 is 9.74 Å². The van der Waals surface area contributed by atoms with Gasteiger partial charge in [0.05, 0.1) is 27.9 Å². The van der Waals surface area contributed by atoms with E-state index in [1.807, 2.05) is 0 Å². The molecule has 30 heavy (non-hydrogen) atoms. The molecule has 4 nitrogen and oxygen atoms in total. The summed E-state index contributed by atoms with van der Waals surface area (Å²) in [6, 6.07) is 9.95. The minimum atomic E-state index is -4.40. The Bertz CT molecular complexity index is 946. The number of nitrogens with zero attached hydrogens (tertiary/aromatic N) is 2. The van der Waals surface area contributed by atoms with Gasteiger partial charge in [-0.05, 0) is 29.8 Å². The number of rotatable bonds is 6. The van der Waals surface area contributed by atoms with Crippen LogP contribution in [0.3, 0.4) is 0 Å². The van der Waals surface area contributed by atoms with Crippen LogP contribution in [-0.2, 0) is 22.4 Å². The molecule has 1 aliphatic rings. The van der Waals surface area contributed by atoms with Gasteiger partial charge in [-0.15, -0.1) is 0 Å². The Morgan fingerprint density at radius 2 is 1.87 bits per heavy atom. The van der Waals surface area contributed by atoms with Crippen molar-refractivity contribution in [3.05, 3.63) is 69.2 Å². The predicted octanol–water partition coefficient (Wildman–Crippen LogP) is 5.94. The highest BCUT2D eigenvalue weighted by atomic mass is 35.5. The lowest BCUT2D eigenvalue weighted by atomic mass is 10.0. The van der Waals surface area contributed by atoms with Crippen LogP contribution in [-0.4, -0.2) is 29.2 Å². The molecular formula is C21H19Cl2F3N2O2. The number of oxime groups is 1. The van der Waals surface area contributed by atoms with E-state index in [9.17, 15) is 18.0 Å². The van der Waals surface area contributed by atoms with E-state index < -0.39 is 11.7 Å². The Hall–Kier alpha value is -2.25. The number of alkyl halides is 3. The van der Waals surface area contributed by atoms with Crippen LogP contribution >= 0.6 is 23.2 Å². The number of hydrogen-bond acceptors (Lipinski definition) is 3. The highest BCUT2D eigenvalue weighted by Crippen LogP contribution is 2.29. The minimum absolute atomic E-state index is 0.124. The maximum Gasteiger partial charge on any atom is 0.416 e. The van der Waals surface area contributed by atoms with Gasteiger partial charge in [0.2, 0.25) is 5.91 Å². The standard InChI is InChI=1S/C21H19Cl2F3N2O2/c1-2-20(29)28(11-13-3-6-15(7-4-13)21(24,25)26)12-16-10-19(27-30-16)14-5-8-17(22)18(23)9-14/h3-9,16H,2,10-12H2,1H3/t16-/m0/s1. The van der Waals surface area contributed by atoms with Crippen LogP contribution in [0.15, 0.2) is 47.6 Å². The molecule has 0 bridgehead atoms. The molecule has 0 spiro atoms. The van der Waals surface area contributed by atoms with Gasteiger partial charge in [-0.25, -0.2) is 0 Å². The van der Waals surface area contributed by atoms with Crippen molar-refractivity contribution < 1.29 is 22.8 Å². The molecule has 0 saturated carbocycles. The third kappa shape index (κ3) is 5.46. The molecule has 0 aromatic heterocycles. The van der Waals surface area contributed by atoms with Crippen LogP contribution < -0.4 is 0 Å². The second-order valence-corrected chi connectivity index (χ2v) is 7.74. The van der Waals surface area contributed by atoms with Crippen LogP contribution in [0.4, 0.5) is 13.2 Å². The second-order valence-electron chi connectivity index (χ2n) is 6.92. The average molecular weight is 459 g/mol. The first-order valence-electron chi connectivity index (χ1n) is 9.29. The van der Waals surface area contributed by atoms with E-state index in [1.165, 1.54) is 12.1 Å². The number of carbonyl (C=O) groups is 1. The van der Waals surface area contributed by atoms with Crippen molar-refractivity contribution in [3.8, 4) is 0 Å². The zero-order chi connectivity index (χ0) is 21.9. The summed E-state index contributed by atoms with van der Waals surface area (Å²) in [7, 11) is 0. The maximum atomic E-state index is 12.7. The number of carbonyl (C=O) groups excluding carboxylic acids is 1. The van der Waals surface area contributed by atoms with E-state index in [-0.39, 0.29) is 31.5 Å². The van der Waals surface area contributed by atoms with Crippen molar-refractivity contribution in [2.45, 2.75) is 38.6 Å². The summed E-state index contributed by atoms with van der Waals surface area (Å²) in [6.07, 6.45) is -4.01. The first-order chi connectivity index (χ1) is 14.2. The molecule has 160 valence electrons. The topological polar surface area (TPSA) is 41.9 Å². The molecular weight excluding hydrogens is 440 g/mol. The smallest absolute Gasteiger partial charge is 0.390 e. The van der Waals surface area contributed by atoms with E-state index in [1.54, 1.807) is 30.0 Å². The van der Waals surface area contributed by atoms with Gasteiger partial charge in [-0.1, -0.05) is 53.5 Å². The molecule has 0 N–H and O–H groups in total. The van der Waals surface area contributed by atoms with Gasteiger partial charge >= 0.3 is 6.18 Å². The van der Waals surface area contributed by atoms with E-state index in [2.05, 4.69) is 5.16 Å². The Kier molecular flexibility index (Phi) is 6.93. The fourth-order valence-corrected chi connectivity index (χ4v) is 3.41. The molecule has 2 aromatic rings. The van der Waals surface area contributed by atoms with Crippen LogP contribution in [0.5, 0.6) is 0 Å². The van der Waals surface area contributed by atoms with Crippen molar-refractivity contribution in [2.75, 3.05) is 6.54 Å².